The second-order valence-corrected chi connectivity index (χ2v) is 7.71. The summed E-state index contributed by atoms with van der Waals surface area (Å²) in [6.45, 7) is 8.91. The van der Waals surface area contributed by atoms with Gasteiger partial charge in [-0.05, 0) is 64.3 Å². The Bertz CT molecular complexity index is 672. The fourth-order valence-electron chi connectivity index (χ4n) is 4.12. The first-order valence-electron chi connectivity index (χ1n) is 9.50. The second kappa shape index (κ2) is 7.11. The predicted octanol–water partition coefficient (Wildman–Crippen LogP) is 5.13. The smallest absolute Gasteiger partial charge is 0.322 e. The molecule has 1 aliphatic carbocycles. The third-order valence-corrected chi connectivity index (χ3v) is 5.23. The zero-order valence-corrected chi connectivity index (χ0v) is 15.9. The summed E-state index contributed by atoms with van der Waals surface area (Å²) in [5.41, 5.74) is 2.86. The number of fused-ring (bicyclic) bond motifs is 1. The van der Waals surface area contributed by atoms with Gasteiger partial charge in [-0.15, -0.1) is 0 Å². The van der Waals surface area contributed by atoms with Crippen LogP contribution < -0.4 is 15.0 Å². The Morgan fingerprint density at radius 3 is 2.68 bits per heavy atom. The highest BCUT2D eigenvalue weighted by molar-refractivity contribution is 5.99. The summed E-state index contributed by atoms with van der Waals surface area (Å²) in [7, 11) is 0. The number of benzene rings is 1. The first-order valence-corrected chi connectivity index (χ1v) is 9.50. The molecule has 4 heteroatoms. The van der Waals surface area contributed by atoms with Crippen molar-refractivity contribution in [2.45, 2.75) is 71.4 Å². The van der Waals surface area contributed by atoms with Crippen LogP contribution in [0.15, 0.2) is 24.3 Å². The van der Waals surface area contributed by atoms with Crippen LogP contribution in [0.2, 0.25) is 0 Å². The molecular formula is C21H30N2O2. The first kappa shape index (κ1) is 17.8. The molecule has 0 saturated heterocycles. The molecule has 1 fully saturated rings. The van der Waals surface area contributed by atoms with Crippen LogP contribution in [-0.2, 0) is 0 Å². The van der Waals surface area contributed by atoms with Gasteiger partial charge in [-0.3, -0.25) is 4.90 Å². The zero-order valence-electron chi connectivity index (χ0n) is 15.9. The highest BCUT2D eigenvalue weighted by Crippen LogP contribution is 2.40. The minimum absolute atomic E-state index is 0.00561. The summed E-state index contributed by atoms with van der Waals surface area (Å²) in [6, 6.07) is 6.32. The Morgan fingerprint density at radius 2 is 2.00 bits per heavy atom. The van der Waals surface area contributed by atoms with E-state index in [0.717, 1.165) is 29.8 Å². The van der Waals surface area contributed by atoms with E-state index < -0.39 is 0 Å². The number of hydrogen-bond acceptors (Lipinski definition) is 2. The molecule has 1 aliphatic heterocycles. The normalized spacial score (nSPS) is 19.8. The van der Waals surface area contributed by atoms with Crippen molar-refractivity contribution in [3.05, 3.63) is 29.8 Å². The minimum Gasteiger partial charge on any atom is -0.494 e. The summed E-state index contributed by atoms with van der Waals surface area (Å²) in [5, 5.41) is 3.27. The molecule has 1 saturated carbocycles. The summed E-state index contributed by atoms with van der Waals surface area (Å²) >= 11 is 0. The van der Waals surface area contributed by atoms with Crippen molar-refractivity contribution in [1.82, 2.24) is 5.32 Å². The van der Waals surface area contributed by atoms with Gasteiger partial charge in [-0.2, -0.15) is 0 Å². The molecular weight excluding hydrogens is 312 g/mol. The van der Waals surface area contributed by atoms with Crippen LogP contribution in [0.4, 0.5) is 10.5 Å². The average molecular weight is 342 g/mol. The highest BCUT2D eigenvalue weighted by atomic mass is 16.5. The van der Waals surface area contributed by atoms with Crippen LogP contribution in [0.1, 0.15) is 65.4 Å². The molecule has 4 nitrogen and oxygen atoms in total. The maximum atomic E-state index is 13.1. The van der Waals surface area contributed by atoms with E-state index in [0.29, 0.717) is 12.6 Å². The molecule has 25 heavy (non-hydrogen) atoms. The molecule has 2 aliphatic rings. The van der Waals surface area contributed by atoms with E-state index in [1.807, 2.05) is 30.0 Å². The van der Waals surface area contributed by atoms with Gasteiger partial charge < -0.3 is 10.1 Å². The molecule has 1 N–H and O–H groups in total. The van der Waals surface area contributed by atoms with Gasteiger partial charge in [0, 0.05) is 11.6 Å². The lowest BCUT2D eigenvalue weighted by Gasteiger charge is -2.42. The number of allylic oxidation sites excluding steroid dienone is 1. The van der Waals surface area contributed by atoms with E-state index in [9.17, 15) is 4.79 Å². The Balaban J connectivity index is 1.91. The van der Waals surface area contributed by atoms with Gasteiger partial charge in [0.05, 0.1) is 17.8 Å². The lowest BCUT2D eigenvalue weighted by molar-refractivity contribution is 0.234. The fourth-order valence-corrected chi connectivity index (χ4v) is 4.12. The van der Waals surface area contributed by atoms with E-state index in [4.69, 9.17) is 4.74 Å². The zero-order chi connectivity index (χ0) is 18.0. The van der Waals surface area contributed by atoms with Gasteiger partial charge in [0.15, 0.2) is 0 Å². The lowest BCUT2D eigenvalue weighted by atomic mass is 9.89. The van der Waals surface area contributed by atoms with Crippen LogP contribution in [0.3, 0.4) is 0 Å². The molecule has 0 radical (unpaired) electrons. The van der Waals surface area contributed by atoms with Gasteiger partial charge in [-0.1, -0.05) is 25.3 Å². The summed E-state index contributed by atoms with van der Waals surface area (Å²) in [6.07, 6.45) is 8.05. The van der Waals surface area contributed by atoms with Gasteiger partial charge in [-0.25, -0.2) is 4.79 Å². The topological polar surface area (TPSA) is 41.6 Å². The number of carbonyl (C=O) groups is 1. The first-order chi connectivity index (χ1) is 11.9. The van der Waals surface area contributed by atoms with Crippen molar-refractivity contribution >= 4 is 17.3 Å². The van der Waals surface area contributed by atoms with Crippen molar-refractivity contribution in [3.8, 4) is 5.75 Å². The molecule has 0 unspecified atom stereocenters. The number of anilines is 1. The molecule has 136 valence electrons. The van der Waals surface area contributed by atoms with E-state index in [1.54, 1.807) is 0 Å². The molecule has 0 aromatic heterocycles. The third kappa shape index (κ3) is 3.68. The van der Waals surface area contributed by atoms with E-state index in [1.165, 1.54) is 24.8 Å². The fraction of sp³-hybridized carbons (Fsp3) is 0.571. The van der Waals surface area contributed by atoms with Crippen LogP contribution in [-0.4, -0.2) is 24.2 Å². The van der Waals surface area contributed by atoms with Crippen LogP contribution in [0, 0.1) is 0 Å². The number of amides is 2. The van der Waals surface area contributed by atoms with Crippen LogP contribution in [0.5, 0.6) is 5.75 Å². The second-order valence-electron chi connectivity index (χ2n) is 7.71. The van der Waals surface area contributed by atoms with E-state index in [2.05, 4.69) is 32.2 Å². The highest BCUT2D eigenvalue weighted by Gasteiger charge is 2.36. The minimum atomic E-state index is -0.358. The summed E-state index contributed by atoms with van der Waals surface area (Å²) < 4.78 is 5.64. The number of hydrogen-bond donors (Lipinski definition) is 1. The number of nitrogens with one attached hydrogen (secondary N) is 1. The largest absolute Gasteiger partial charge is 0.494 e. The van der Waals surface area contributed by atoms with Crippen LogP contribution in [0.25, 0.3) is 5.57 Å². The molecule has 3 rings (SSSR count). The van der Waals surface area contributed by atoms with Gasteiger partial charge in [0.1, 0.15) is 5.75 Å². The summed E-state index contributed by atoms with van der Waals surface area (Å²) in [4.78, 5) is 15.0. The molecule has 0 spiro atoms. The van der Waals surface area contributed by atoms with Crippen molar-refractivity contribution in [2.75, 3.05) is 11.5 Å². The average Bonchev–Trinajstić information content (AvgIpc) is 2.56. The monoisotopic (exact) mass is 342 g/mol. The molecule has 1 aromatic carbocycles. The Hall–Kier alpha value is -1.97. The van der Waals surface area contributed by atoms with E-state index in [-0.39, 0.29) is 11.6 Å². The maximum Gasteiger partial charge on any atom is 0.322 e. The number of nitrogens with zero attached hydrogens (tertiary/aromatic N) is 1. The molecule has 2 amide bonds. The van der Waals surface area contributed by atoms with Gasteiger partial charge in [0.2, 0.25) is 0 Å². The number of carbonyl (C=O) groups excluding carboxylic acids is 1. The summed E-state index contributed by atoms with van der Waals surface area (Å²) in [5.74, 6) is 0.848. The Labute approximate surface area is 151 Å². The Kier molecular flexibility index (Phi) is 5.07. The van der Waals surface area contributed by atoms with Crippen molar-refractivity contribution in [3.63, 3.8) is 0 Å². The molecule has 0 atom stereocenters. The third-order valence-electron chi connectivity index (χ3n) is 5.23. The van der Waals surface area contributed by atoms with Crippen LogP contribution >= 0.6 is 0 Å². The Morgan fingerprint density at radius 1 is 1.28 bits per heavy atom. The van der Waals surface area contributed by atoms with Crippen molar-refractivity contribution in [1.29, 1.82) is 0 Å². The SMILES string of the molecule is CCOc1ccc2c(c1)C(C)=CC(C)(C)N2C(=O)NC1CCCCC1. The van der Waals surface area contributed by atoms with Gasteiger partial charge in [0.25, 0.3) is 0 Å². The number of ether oxygens (including phenoxy) is 1. The lowest BCUT2D eigenvalue weighted by Crippen LogP contribution is -2.55. The van der Waals surface area contributed by atoms with Gasteiger partial charge >= 0.3 is 6.03 Å². The van der Waals surface area contributed by atoms with Crippen molar-refractivity contribution < 1.29 is 9.53 Å². The predicted molar refractivity (Wildman–Crippen MR) is 103 cm³/mol. The maximum absolute atomic E-state index is 13.1. The number of rotatable bonds is 3. The molecule has 1 aromatic rings. The standard InChI is InChI=1S/C21H30N2O2/c1-5-25-17-11-12-19-18(13-17)15(2)14-21(3,4)23(19)20(24)22-16-9-7-6-8-10-16/h11-14,16H,5-10H2,1-4H3,(H,22,24). The van der Waals surface area contributed by atoms with E-state index >= 15 is 0 Å². The molecule has 0 bridgehead atoms. The quantitative estimate of drug-likeness (QED) is 0.827. The van der Waals surface area contributed by atoms with Crippen molar-refractivity contribution in [2.24, 2.45) is 0 Å². The number of urea groups is 1. The molecule has 1 heterocycles.